The van der Waals surface area contributed by atoms with Crippen LogP contribution in [-0.4, -0.2) is 4.93 Å². The molecule has 0 bridgehead atoms. The van der Waals surface area contributed by atoms with Gasteiger partial charge in [-0.25, -0.2) is 0 Å². The number of hydrogen-bond acceptors (Lipinski definition) is 2. The van der Waals surface area contributed by atoms with Crippen LogP contribution in [0.3, 0.4) is 0 Å². The van der Waals surface area contributed by atoms with Crippen molar-refractivity contribution in [3.63, 3.8) is 0 Å². The molecule has 0 aromatic heterocycles. The van der Waals surface area contributed by atoms with Gasteiger partial charge in [-0.05, 0) is 4.93 Å². The number of halogens is 1. The van der Waals surface area contributed by atoms with Crippen LogP contribution in [-0.2, 0) is 0 Å². The number of rotatable bonds is 0. The molecule has 0 N–H and O–H groups in total. The Bertz CT molecular complexity index is 10.8. The van der Waals surface area contributed by atoms with Gasteiger partial charge in [0.2, 0.25) is 0 Å². The molecule has 3 heteroatoms. The molecule has 0 fully saturated rings. The van der Waals surface area contributed by atoms with Crippen molar-refractivity contribution >= 4 is 22.6 Å². The first-order chi connectivity index (χ1) is 2.00. The molecule has 0 spiro atoms. The Morgan fingerprint density at radius 1 is 1.25 bits per heavy atom. The molecule has 0 aliphatic carbocycles. The Balaban J connectivity index is 0. The summed E-state index contributed by atoms with van der Waals surface area (Å²) >= 11 is 2.15. The normalized spacial score (nSPS) is 2.00. The summed E-state index contributed by atoms with van der Waals surface area (Å²) in [5.41, 5.74) is 0. The molecule has 0 heterocycles. The third-order valence-corrected chi connectivity index (χ3v) is 0. The van der Waals surface area contributed by atoms with Crippen molar-refractivity contribution in [2.24, 2.45) is 0 Å². The first-order valence-electron chi connectivity index (χ1n) is 0.578. The zero-order valence-corrected chi connectivity index (χ0v) is 4.43. The highest BCUT2D eigenvalue weighted by Crippen LogP contribution is 1.48. The van der Waals surface area contributed by atoms with Gasteiger partial charge in [-0.1, -0.05) is 22.6 Å². The van der Waals surface area contributed by atoms with Crippen molar-refractivity contribution in [3.05, 3.63) is 0 Å². The van der Waals surface area contributed by atoms with E-state index in [4.69, 9.17) is 10.8 Å². The highest BCUT2D eigenvalue weighted by Gasteiger charge is 0.950. The number of hydrogen-bond donors (Lipinski definition) is 0. The summed E-state index contributed by atoms with van der Waals surface area (Å²) in [5, 5.41) is 12.0. The first kappa shape index (κ1) is 8.91. The Hall–Kier alpha value is 0.150. The van der Waals surface area contributed by atoms with Crippen LogP contribution in [0.1, 0.15) is 0 Å². The highest BCUT2D eigenvalue weighted by molar-refractivity contribution is 14.1. The lowest BCUT2D eigenvalue weighted by atomic mass is 12.0. The maximum Gasteiger partial charge on any atom is 0 e. The van der Waals surface area contributed by atoms with Crippen molar-refractivity contribution in [1.29, 1.82) is 10.8 Å². The van der Waals surface area contributed by atoms with Crippen molar-refractivity contribution in [2.45, 2.75) is 0 Å². The molecule has 0 aromatic rings. The second-order valence-corrected chi connectivity index (χ2v) is 0. The van der Waals surface area contributed by atoms with Gasteiger partial charge in [-0.2, -0.15) is 0 Å². The van der Waals surface area contributed by atoms with Crippen LogP contribution in [0.4, 0.5) is 0 Å². The maximum atomic E-state index is 6.00. The predicted molar refractivity (Wildman–Crippen MR) is 23.4 cm³/mol. The van der Waals surface area contributed by atoms with E-state index in [0.717, 1.165) is 0 Å². The summed E-state index contributed by atoms with van der Waals surface area (Å²) in [6.07, 6.45) is 0. The third-order valence-electron chi connectivity index (χ3n) is 0. The summed E-state index contributed by atoms with van der Waals surface area (Å²) in [5.74, 6) is 0. The smallest absolute Gasteiger partial charge is 0 e. The summed E-state index contributed by atoms with van der Waals surface area (Å²) in [4.78, 5) is 1.97. The summed E-state index contributed by atoms with van der Waals surface area (Å²) in [6.45, 7) is 0. The van der Waals surface area contributed by atoms with Gasteiger partial charge >= 0.3 is 0 Å². The van der Waals surface area contributed by atoms with Crippen LogP contribution in [0.5, 0.6) is 0 Å². The van der Waals surface area contributed by atoms with E-state index in [2.05, 4.69) is 22.6 Å². The fourth-order valence-electron chi connectivity index (χ4n) is 0. The van der Waals surface area contributed by atoms with E-state index in [0.29, 0.717) is 0 Å². The van der Waals surface area contributed by atoms with Gasteiger partial charge < -0.3 is 0 Å². The van der Waals surface area contributed by atoms with Gasteiger partial charge in [-0.3, -0.25) is 0 Å². The van der Waals surface area contributed by atoms with Crippen LogP contribution >= 0.6 is 22.6 Å². The average Bonchev–Trinajstić information content (AvgIpc) is 1.50. The first-order valence-corrected chi connectivity index (χ1v) is 2.74. The molecule has 0 saturated heterocycles. The van der Waals surface area contributed by atoms with Gasteiger partial charge in [0.25, 0.3) is 0 Å². The monoisotopic (exact) mass is 170 g/mol. The summed E-state index contributed by atoms with van der Waals surface area (Å²) in [6, 6.07) is 0. The quantitative estimate of drug-likeness (QED) is 0.310. The molecule has 0 radical (unpaired) electrons. The van der Waals surface area contributed by atoms with Gasteiger partial charge in [-0.15, -0.1) is 0 Å². The molecule has 0 amide bonds. The van der Waals surface area contributed by atoms with Crippen molar-refractivity contribution in [2.75, 3.05) is 4.93 Å². The molecule has 24 valence electrons. The van der Waals surface area contributed by atoms with E-state index >= 15 is 0 Å². The van der Waals surface area contributed by atoms with Gasteiger partial charge in [0.15, 0.2) is 0 Å². The number of alkyl halides is 1. The zero-order valence-electron chi connectivity index (χ0n) is 2.27. The lowest BCUT2D eigenvalue weighted by Crippen LogP contribution is -0.798. The van der Waals surface area contributed by atoms with Crippen LogP contribution in [0.25, 0.3) is 0 Å². The standard InChI is InChI=1S/CH3I.N2/c2*1-2/h1H3;. The molecule has 2 nitrogen and oxygen atoms in total. The van der Waals surface area contributed by atoms with Gasteiger partial charge in [0.05, 0.1) is 0 Å². The Kier molecular flexibility index (Phi) is 1440. The molecule has 0 unspecified atom stereocenters. The van der Waals surface area contributed by atoms with Crippen molar-refractivity contribution < 1.29 is 0 Å². The largest absolute Gasteiger partial charge is 0.0901 e. The van der Waals surface area contributed by atoms with Gasteiger partial charge in [0.1, 0.15) is 0 Å². The third kappa shape index (κ3) is 126. The SMILES string of the molecule is CI.N#N. The molecule has 0 atom stereocenters. The second kappa shape index (κ2) is 647. The molecule has 4 heavy (non-hydrogen) atoms. The lowest BCUT2D eigenvalue weighted by molar-refractivity contribution is 1.15. The van der Waals surface area contributed by atoms with Gasteiger partial charge in [0, 0.05) is 10.8 Å². The maximum absolute atomic E-state index is 6.00. The molecule has 0 rings (SSSR count). The van der Waals surface area contributed by atoms with Crippen LogP contribution in [0.15, 0.2) is 0 Å². The minimum atomic E-state index is 1.97. The highest BCUT2D eigenvalue weighted by atomic mass is 127. The summed E-state index contributed by atoms with van der Waals surface area (Å²) in [7, 11) is 0. The second-order valence-electron chi connectivity index (χ2n) is 0. The fourth-order valence-corrected chi connectivity index (χ4v) is 0. The molecule has 0 aromatic carbocycles. The minimum absolute atomic E-state index is 1.97. The van der Waals surface area contributed by atoms with E-state index in [1.807, 2.05) is 4.93 Å². The number of nitrogens with zero attached hydrogens (tertiary/aromatic N) is 2. The molecule has 0 aliphatic heterocycles. The van der Waals surface area contributed by atoms with E-state index in [-0.39, 0.29) is 0 Å². The van der Waals surface area contributed by atoms with Crippen LogP contribution in [0, 0.1) is 10.8 Å². The zero-order chi connectivity index (χ0) is 4.00. The summed E-state index contributed by atoms with van der Waals surface area (Å²) < 4.78 is 0. The molecular formula is CH3IN2. The van der Waals surface area contributed by atoms with Crippen LogP contribution < -0.4 is 0 Å². The van der Waals surface area contributed by atoms with E-state index in [1.165, 1.54) is 0 Å². The topological polar surface area (TPSA) is 47.6 Å². The molecule has 0 aliphatic rings. The van der Waals surface area contributed by atoms with Crippen molar-refractivity contribution in [3.8, 4) is 0 Å². The minimum Gasteiger partial charge on any atom is -0.0901 e. The fraction of sp³-hybridized carbons (Fsp3) is 1.00. The Morgan fingerprint density at radius 2 is 1.25 bits per heavy atom. The lowest BCUT2D eigenvalue weighted by Gasteiger charge is -1.05. The van der Waals surface area contributed by atoms with Crippen molar-refractivity contribution in [1.82, 2.24) is 0 Å². The average molecular weight is 170 g/mol. The predicted octanol–water partition coefficient (Wildman–Crippen LogP) is 1.08. The van der Waals surface area contributed by atoms with E-state index in [9.17, 15) is 0 Å². The molecule has 0 saturated carbocycles. The Labute approximate surface area is 38.8 Å². The Morgan fingerprint density at radius 3 is 1.25 bits per heavy atom. The molecular weight excluding hydrogens is 167 g/mol. The van der Waals surface area contributed by atoms with E-state index < -0.39 is 0 Å². The van der Waals surface area contributed by atoms with E-state index in [1.54, 1.807) is 0 Å². The van der Waals surface area contributed by atoms with Crippen LogP contribution in [0.2, 0.25) is 0 Å².